The van der Waals surface area contributed by atoms with Gasteiger partial charge in [0.25, 0.3) is 0 Å². The van der Waals surface area contributed by atoms with Gasteiger partial charge in [0.15, 0.2) is 0 Å². The summed E-state index contributed by atoms with van der Waals surface area (Å²) in [5, 5.41) is 11.5. The van der Waals surface area contributed by atoms with Crippen LogP contribution >= 0.6 is 0 Å². The number of aliphatic hydroxyl groups excluding tert-OH is 1. The normalized spacial score (nSPS) is 39.0. The van der Waals surface area contributed by atoms with Gasteiger partial charge in [-0.1, -0.05) is 39.8 Å². The predicted octanol–water partition coefficient (Wildman–Crippen LogP) is 4.13. The minimum Gasteiger partial charge on any atom is -0.461 e. The Balaban J connectivity index is 2.22. The van der Waals surface area contributed by atoms with Crippen LogP contribution in [0.3, 0.4) is 0 Å². The quantitative estimate of drug-likeness (QED) is 0.370. The molecule has 0 aromatic carbocycles. The lowest BCUT2D eigenvalue weighted by atomic mass is 9.48. The highest BCUT2D eigenvalue weighted by atomic mass is 16.6. The van der Waals surface area contributed by atoms with E-state index in [1.165, 1.54) is 13.8 Å². The molecular weight excluding hydrogens is 436 g/mol. The van der Waals surface area contributed by atoms with E-state index in [1.807, 2.05) is 26.8 Å². The Hall–Kier alpha value is -2.15. The van der Waals surface area contributed by atoms with Crippen molar-refractivity contribution >= 4 is 17.9 Å². The van der Waals surface area contributed by atoms with E-state index in [9.17, 15) is 19.5 Å². The topological polar surface area (TPSA) is 99.1 Å². The van der Waals surface area contributed by atoms with E-state index < -0.39 is 53.1 Å². The number of fused-ring (bicyclic) bond motifs is 3. The fourth-order valence-electron chi connectivity index (χ4n) is 7.19. The maximum atomic E-state index is 12.4. The van der Waals surface area contributed by atoms with Crippen LogP contribution in [0.1, 0.15) is 74.1 Å². The van der Waals surface area contributed by atoms with Crippen LogP contribution in [0.25, 0.3) is 0 Å². The Labute approximate surface area is 202 Å². The van der Waals surface area contributed by atoms with Gasteiger partial charge in [-0.25, -0.2) is 0 Å². The first-order valence-electron chi connectivity index (χ1n) is 12.3. The Kier molecular flexibility index (Phi) is 7.38. The van der Waals surface area contributed by atoms with Crippen molar-refractivity contribution in [2.45, 2.75) is 98.6 Å². The molecule has 0 amide bonds. The first-order valence-corrected chi connectivity index (χ1v) is 12.3. The fourth-order valence-corrected chi connectivity index (χ4v) is 7.19. The summed E-state index contributed by atoms with van der Waals surface area (Å²) < 4.78 is 17.6. The van der Waals surface area contributed by atoms with E-state index in [4.69, 9.17) is 14.2 Å². The minimum atomic E-state index is -0.669. The second-order valence-corrected chi connectivity index (χ2v) is 11.2. The number of hydrogen-bond acceptors (Lipinski definition) is 7. The molecule has 190 valence electrons. The number of rotatable bonds is 4. The van der Waals surface area contributed by atoms with Gasteiger partial charge in [-0.05, 0) is 48.7 Å². The highest BCUT2D eigenvalue weighted by molar-refractivity contribution is 5.69. The molecule has 2 saturated carbocycles. The van der Waals surface area contributed by atoms with E-state index in [0.717, 1.165) is 5.57 Å². The SMILES string of the molecule is C=C1C2[C@H](OC(C)=O)C3[C@@H](OC(=O)CC)C=C(C)C(C(O)C[C@]2(C)CC[C@@H]1OC(C)=O)C3(C)C. The highest BCUT2D eigenvalue weighted by Gasteiger charge is 2.61. The van der Waals surface area contributed by atoms with Crippen molar-refractivity contribution in [2.75, 3.05) is 0 Å². The van der Waals surface area contributed by atoms with Crippen LogP contribution in [0.2, 0.25) is 0 Å². The third kappa shape index (κ3) is 4.68. The summed E-state index contributed by atoms with van der Waals surface area (Å²) in [6.45, 7) is 17.0. The standard InChI is InChI=1S/C27H40O7/c1-9-21(31)34-20-12-14(2)22-18(30)13-27(8)11-10-19(32-16(4)28)15(3)23(27)25(33-17(5)29)24(20)26(22,6)7/h12,18-20,22-25,30H,3,9-11,13H2,1-2,4-8H3/t18?,19-,20-,22?,23?,24?,25-,27-/m0/s1. The van der Waals surface area contributed by atoms with Gasteiger partial charge in [0.2, 0.25) is 0 Å². The number of esters is 3. The molecule has 1 N–H and O–H groups in total. The van der Waals surface area contributed by atoms with E-state index in [-0.39, 0.29) is 24.2 Å². The van der Waals surface area contributed by atoms with Crippen molar-refractivity contribution in [3.05, 3.63) is 23.8 Å². The number of hydrogen-bond donors (Lipinski definition) is 1. The monoisotopic (exact) mass is 476 g/mol. The Bertz CT molecular complexity index is 887. The maximum absolute atomic E-state index is 12.4. The van der Waals surface area contributed by atoms with E-state index in [1.54, 1.807) is 6.92 Å². The number of carbonyl (C=O) groups is 3. The Morgan fingerprint density at radius 3 is 2.26 bits per heavy atom. The molecule has 0 aliphatic heterocycles. The summed E-state index contributed by atoms with van der Waals surface area (Å²) in [4.78, 5) is 36.6. The van der Waals surface area contributed by atoms with Gasteiger partial charge in [-0.3, -0.25) is 14.4 Å². The first-order chi connectivity index (χ1) is 15.7. The summed E-state index contributed by atoms with van der Waals surface area (Å²) in [7, 11) is 0. The van der Waals surface area contributed by atoms with Crippen molar-refractivity contribution in [3.8, 4) is 0 Å². The zero-order valence-electron chi connectivity index (χ0n) is 21.6. The molecule has 0 heterocycles. The highest BCUT2D eigenvalue weighted by Crippen LogP contribution is 2.60. The molecule has 7 heteroatoms. The minimum absolute atomic E-state index is 0.190. The van der Waals surface area contributed by atoms with Crippen LogP contribution < -0.4 is 0 Å². The molecule has 3 aliphatic carbocycles. The molecule has 34 heavy (non-hydrogen) atoms. The lowest BCUT2D eigenvalue weighted by Crippen LogP contribution is -2.62. The van der Waals surface area contributed by atoms with Crippen molar-refractivity contribution in [1.82, 2.24) is 0 Å². The maximum Gasteiger partial charge on any atom is 0.306 e. The van der Waals surface area contributed by atoms with E-state index in [0.29, 0.717) is 24.8 Å². The number of aliphatic hydroxyl groups is 1. The smallest absolute Gasteiger partial charge is 0.306 e. The number of ether oxygens (including phenoxy) is 3. The van der Waals surface area contributed by atoms with Gasteiger partial charge < -0.3 is 19.3 Å². The average molecular weight is 477 g/mol. The lowest BCUT2D eigenvalue weighted by molar-refractivity contribution is -0.193. The van der Waals surface area contributed by atoms with Crippen molar-refractivity contribution < 1.29 is 33.7 Å². The predicted molar refractivity (Wildman–Crippen MR) is 126 cm³/mol. The Morgan fingerprint density at radius 1 is 1.09 bits per heavy atom. The van der Waals surface area contributed by atoms with Crippen molar-refractivity contribution in [2.24, 2.45) is 28.6 Å². The van der Waals surface area contributed by atoms with Crippen LogP contribution in [0.15, 0.2) is 23.8 Å². The van der Waals surface area contributed by atoms with Crippen LogP contribution in [0.4, 0.5) is 0 Å². The molecule has 4 unspecified atom stereocenters. The third-order valence-electron chi connectivity index (χ3n) is 8.38. The van der Waals surface area contributed by atoms with Crippen LogP contribution in [-0.4, -0.2) is 47.4 Å². The molecule has 8 atom stereocenters. The molecule has 0 aromatic heterocycles. The van der Waals surface area contributed by atoms with E-state index in [2.05, 4.69) is 13.5 Å². The summed E-state index contributed by atoms with van der Waals surface area (Å²) in [6, 6.07) is 0. The Morgan fingerprint density at radius 2 is 1.71 bits per heavy atom. The van der Waals surface area contributed by atoms with Gasteiger partial charge in [0.05, 0.1) is 6.10 Å². The second kappa shape index (κ2) is 9.48. The second-order valence-electron chi connectivity index (χ2n) is 11.2. The number of carbonyl (C=O) groups excluding carboxylic acids is 3. The van der Waals surface area contributed by atoms with Gasteiger partial charge in [-0.15, -0.1) is 0 Å². The van der Waals surface area contributed by atoms with Gasteiger partial charge >= 0.3 is 17.9 Å². The zero-order chi connectivity index (χ0) is 25.6. The largest absolute Gasteiger partial charge is 0.461 e. The van der Waals surface area contributed by atoms with Gasteiger partial charge in [0.1, 0.15) is 18.3 Å². The van der Waals surface area contributed by atoms with Crippen LogP contribution in [0.5, 0.6) is 0 Å². The lowest BCUT2D eigenvalue weighted by Gasteiger charge is -2.59. The zero-order valence-corrected chi connectivity index (χ0v) is 21.6. The molecule has 0 saturated heterocycles. The summed E-state index contributed by atoms with van der Waals surface area (Å²) >= 11 is 0. The molecule has 3 aliphatic rings. The van der Waals surface area contributed by atoms with Gasteiger partial charge in [-0.2, -0.15) is 0 Å². The van der Waals surface area contributed by atoms with Crippen LogP contribution in [0, 0.1) is 28.6 Å². The van der Waals surface area contributed by atoms with Crippen molar-refractivity contribution in [1.29, 1.82) is 0 Å². The molecule has 0 spiro atoms. The third-order valence-corrected chi connectivity index (χ3v) is 8.38. The molecule has 0 radical (unpaired) electrons. The molecule has 0 aromatic rings. The molecule has 2 fully saturated rings. The first kappa shape index (κ1) is 26.5. The molecular formula is C27H40O7. The molecule has 3 rings (SSSR count). The molecule has 2 bridgehead atoms. The fraction of sp³-hybridized carbons (Fsp3) is 0.741. The summed E-state index contributed by atoms with van der Waals surface area (Å²) in [5.74, 6) is -2.16. The van der Waals surface area contributed by atoms with E-state index >= 15 is 0 Å². The summed E-state index contributed by atoms with van der Waals surface area (Å²) in [6.07, 6.45) is 1.46. The van der Waals surface area contributed by atoms with Crippen LogP contribution in [-0.2, 0) is 28.6 Å². The average Bonchev–Trinajstić information content (AvgIpc) is 2.67. The molecule has 7 nitrogen and oxygen atoms in total. The van der Waals surface area contributed by atoms with Crippen molar-refractivity contribution in [3.63, 3.8) is 0 Å². The summed E-state index contributed by atoms with van der Waals surface area (Å²) in [5.41, 5.74) is 0.645. The van der Waals surface area contributed by atoms with Gasteiger partial charge in [0, 0.05) is 38.0 Å².